The van der Waals surface area contributed by atoms with Crippen LogP contribution in [0.2, 0.25) is 0 Å². The van der Waals surface area contributed by atoms with E-state index in [-0.39, 0.29) is 12.5 Å². The number of carbonyl (C=O) groups excluding carboxylic acids is 2. The zero-order valence-corrected chi connectivity index (χ0v) is 14.5. The number of benzene rings is 2. The number of hydrogen-bond donors (Lipinski definition) is 2. The number of nitrogens with one attached hydrogen (secondary N) is 2. The highest BCUT2D eigenvalue weighted by atomic mass is 16.5. The molecular weight excluding hydrogens is 316 g/mol. The summed E-state index contributed by atoms with van der Waals surface area (Å²) in [6.45, 7) is 5.56. The van der Waals surface area contributed by atoms with E-state index in [0.29, 0.717) is 11.4 Å². The third-order valence-electron chi connectivity index (χ3n) is 4.06. The molecule has 25 heavy (non-hydrogen) atoms. The van der Waals surface area contributed by atoms with E-state index in [9.17, 15) is 9.59 Å². The number of rotatable bonds is 4. The Hall–Kier alpha value is -3.08. The van der Waals surface area contributed by atoms with Crippen LogP contribution in [0, 0.1) is 20.8 Å². The first-order valence-corrected chi connectivity index (χ1v) is 8.06. The fourth-order valence-corrected chi connectivity index (χ4v) is 2.82. The van der Waals surface area contributed by atoms with Gasteiger partial charge in [0.05, 0.1) is 0 Å². The Morgan fingerprint density at radius 2 is 1.80 bits per heavy atom. The lowest BCUT2D eigenvalue weighted by Crippen LogP contribution is -2.21. The Kier molecular flexibility index (Phi) is 4.57. The van der Waals surface area contributed by atoms with Gasteiger partial charge >= 0.3 is 5.97 Å². The number of aromatic amines is 1. The number of carbonyl (C=O) groups is 2. The van der Waals surface area contributed by atoms with Crippen molar-refractivity contribution in [2.75, 3.05) is 11.9 Å². The van der Waals surface area contributed by atoms with Crippen molar-refractivity contribution in [1.29, 1.82) is 0 Å². The van der Waals surface area contributed by atoms with Crippen LogP contribution >= 0.6 is 0 Å². The van der Waals surface area contributed by atoms with E-state index in [4.69, 9.17) is 4.74 Å². The number of esters is 1. The van der Waals surface area contributed by atoms with Crippen LogP contribution in [0.4, 0.5) is 5.69 Å². The first-order valence-electron chi connectivity index (χ1n) is 8.06. The van der Waals surface area contributed by atoms with Gasteiger partial charge in [0.2, 0.25) is 0 Å². The lowest BCUT2D eigenvalue weighted by molar-refractivity contribution is -0.119. The maximum absolute atomic E-state index is 12.2. The molecular formula is C20H20N2O3. The standard InChI is InChI=1S/C20H20N2O3/c1-12-8-14(3)15-10-18(21-17(15)9-12)20(24)25-11-19(23)22-16-7-5-4-6-13(16)2/h4-10,21H,11H2,1-3H3,(H,22,23). The van der Waals surface area contributed by atoms with Gasteiger partial charge < -0.3 is 15.0 Å². The van der Waals surface area contributed by atoms with Gasteiger partial charge in [-0.1, -0.05) is 24.3 Å². The van der Waals surface area contributed by atoms with E-state index in [0.717, 1.165) is 27.6 Å². The Labute approximate surface area is 146 Å². The van der Waals surface area contributed by atoms with Crippen molar-refractivity contribution in [2.24, 2.45) is 0 Å². The van der Waals surface area contributed by atoms with Gasteiger partial charge in [0.1, 0.15) is 5.69 Å². The van der Waals surface area contributed by atoms with Crippen molar-refractivity contribution in [3.8, 4) is 0 Å². The number of fused-ring (bicyclic) bond motifs is 1. The molecule has 0 saturated carbocycles. The molecule has 2 aromatic carbocycles. The zero-order valence-electron chi connectivity index (χ0n) is 14.5. The first-order chi connectivity index (χ1) is 11.9. The zero-order chi connectivity index (χ0) is 18.0. The smallest absolute Gasteiger partial charge is 0.355 e. The highest BCUT2D eigenvalue weighted by Crippen LogP contribution is 2.22. The second-order valence-electron chi connectivity index (χ2n) is 6.17. The van der Waals surface area contributed by atoms with E-state index in [1.165, 1.54) is 0 Å². The normalized spacial score (nSPS) is 10.7. The summed E-state index contributed by atoms with van der Waals surface area (Å²) >= 11 is 0. The maximum atomic E-state index is 12.2. The Balaban J connectivity index is 1.65. The summed E-state index contributed by atoms with van der Waals surface area (Å²) in [6, 6.07) is 13.2. The van der Waals surface area contributed by atoms with Crippen molar-refractivity contribution >= 4 is 28.5 Å². The van der Waals surface area contributed by atoms with Crippen molar-refractivity contribution < 1.29 is 14.3 Å². The molecule has 0 radical (unpaired) electrons. The predicted molar refractivity (Wildman–Crippen MR) is 97.9 cm³/mol. The number of anilines is 1. The van der Waals surface area contributed by atoms with Gasteiger partial charge in [-0.05, 0) is 55.7 Å². The predicted octanol–water partition coefficient (Wildman–Crippen LogP) is 3.89. The molecule has 2 N–H and O–H groups in total. The van der Waals surface area contributed by atoms with Gasteiger partial charge in [-0.3, -0.25) is 4.79 Å². The molecule has 5 heteroatoms. The molecule has 128 valence electrons. The van der Waals surface area contributed by atoms with Crippen molar-refractivity contribution in [2.45, 2.75) is 20.8 Å². The quantitative estimate of drug-likeness (QED) is 0.710. The average Bonchev–Trinajstić information content (AvgIpc) is 2.99. The molecule has 0 saturated heterocycles. The highest BCUT2D eigenvalue weighted by Gasteiger charge is 2.14. The fourth-order valence-electron chi connectivity index (χ4n) is 2.82. The van der Waals surface area contributed by atoms with E-state index < -0.39 is 5.97 Å². The van der Waals surface area contributed by atoms with Crippen molar-refractivity contribution in [3.05, 3.63) is 64.8 Å². The van der Waals surface area contributed by atoms with Crippen molar-refractivity contribution in [1.82, 2.24) is 4.98 Å². The Bertz CT molecular complexity index is 957. The molecule has 1 aromatic heterocycles. The van der Waals surface area contributed by atoms with Crippen LogP contribution in [0.25, 0.3) is 10.9 Å². The third-order valence-corrected chi connectivity index (χ3v) is 4.06. The van der Waals surface area contributed by atoms with E-state index in [1.54, 1.807) is 12.1 Å². The molecule has 0 bridgehead atoms. The van der Waals surface area contributed by atoms with Crippen LogP contribution in [0.5, 0.6) is 0 Å². The van der Waals surface area contributed by atoms with Gasteiger partial charge in [-0.25, -0.2) is 4.79 Å². The van der Waals surface area contributed by atoms with Gasteiger partial charge in [0.15, 0.2) is 6.61 Å². The minimum Gasteiger partial charge on any atom is -0.451 e. The summed E-state index contributed by atoms with van der Waals surface area (Å²) in [7, 11) is 0. The van der Waals surface area contributed by atoms with Crippen LogP contribution in [0.1, 0.15) is 27.2 Å². The summed E-state index contributed by atoms with van der Waals surface area (Å²) in [6.07, 6.45) is 0. The second-order valence-corrected chi connectivity index (χ2v) is 6.17. The monoisotopic (exact) mass is 336 g/mol. The van der Waals surface area contributed by atoms with Crippen LogP contribution in [-0.4, -0.2) is 23.5 Å². The summed E-state index contributed by atoms with van der Waals surface area (Å²) < 4.78 is 5.12. The molecule has 0 atom stereocenters. The number of para-hydroxylation sites is 1. The van der Waals surface area contributed by atoms with Crippen LogP contribution < -0.4 is 5.32 Å². The van der Waals surface area contributed by atoms with E-state index in [1.807, 2.05) is 45.0 Å². The molecule has 3 aromatic rings. The van der Waals surface area contributed by atoms with Crippen LogP contribution in [-0.2, 0) is 9.53 Å². The minimum atomic E-state index is -0.548. The maximum Gasteiger partial charge on any atom is 0.355 e. The van der Waals surface area contributed by atoms with Gasteiger partial charge in [-0.15, -0.1) is 0 Å². The minimum absolute atomic E-state index is 0.333. The molecule has 1 heterocycles. The molecule has 0 aliphatic carbocycles. The summed E-state index contributed by atoms with van der Waals surface area (Å²) in [5, 5.41) is 3.71. The number of aromatic nitrogens is 1. The average molecular weight is 336 g/mol. The SMILES string of the molecule is Cc1cc(C)c2cc(C(=O)OCC(=O)Nc3ccccc3C)[nH]c2c1. The summed E-state index contributed by atoms with van der Waals surface area (Å²) in [5.41, 5.74) is 5.08. The Morgan fingerprint density at radius 3 is 2.56 bits per heavy atom. The molecule has 3 rings (SSSR count). The number of H-pyrrole nitrogens is 1. The first kappa shape index (κ1) is 16.8. The van der Waals surface area contributed by atoms with Crippen molar-refractivity contribution in [3.63, 3.8) is 0 Å². The summed E-state index contributed by atoms with van der Waals surface area (Å²) in [4.78, 5) is 27.2. The molecule has 0 fully saturated rings. The van der Waals surface area contributed by atoms with Gasteiger partial charge in [0, 0.05) is 16.6 Å². The number of ether oxygens (including phenoxy) is 1. The summed E-state index contributed by atoms with van der Waals surface area (Å²) in [5.74, 6) is -0.918. The van der Waals surface area contributed by atoms with E-state index >= 15 is 0 Å². The molecule has 0 aliphatic rings. The third kappa shape index (κ3) is 3.71. The lowest BCUT2D eigenvalue weighted by Gasteiger charge is -2.08. The molecule has 1 amide bonds. The second kappa shape index (κ2) is 6.81. The van der Waals surface area contributed by atoms with E-state index in [2.05, 4.69) is 16.4 Å². The largest absolute Gasteiger partial charge is 0.451 e. The highest BCUT2D eigenvalue weighted by molar-refractivity contribution is 5.98. The van der Waals surface area contributed by atoms with Gasteiger partial charge in [0.25, 0.3) is 5.91 Å². The fraction of sp³-hybridized carbons (Fsp3) is 0.200. The Morgan fingerprint density at radius 1 is 1.04 bits per heavy atom. The topological polar surface area (TPSA) is 71.2 Å². The number of hydrogen-bond acceptors (Lipinski definition) is 3. The number of amides is 1. The molecule has 0 unspecified atom stereocenters. The molecule has 0 aliphatic heterocycles. The lowest BCUT2D eigenvalue weighted by atomic mass is 10.1. The molecule has 5 nitrogen and oxygen atoms in total. The number of aryl methyl sites for hydroxylation is 3. The molecule has 0 spiro atoms. The van der Waals surface area contributed by atoms with Crippen LogP contribution in [0.15, 0.2) is 42.5 Å². The van der Waals surface area contributed by atoms with Gasteiger partial charge in [-0.2, -0.15) is 0 Å². The van der Waals surface area contributed by atoms with Crippen LogP contribution in [0.3, 0.4) is 0 Å².